The number of esters is 1. The van der Waals surface area contributed by atoms with Gasteiger partial charge in [-0.3, -0.25) is 0 Å². The van der Waals surface area contributed by atoms with Crippen molar-refractivity contribution in [2.45, 2.75) is 11.8 Å². The lowest BCUT2D eigenvalue weighted by Crippen LogP contribution is -2.15. The topological polar surface area (TPSA) is 112 Å². The number of carbonyl (C=O) groups is 1. The fraction of sp³-hybridized carbons (Fsp3) is 0.222. The van der Waals surface area contributed by atoms with E-state index in [-0.39, 0.29) is 22.9 Å². The van der Waals surface area contributed by atoms with Gasteiger partial charge in [-0.1, -0.05) is 11.6 Å². The van der Waals surface area contributed by atoms with Crippen LogP contribution in [0.15, 0.2) is 17.0 Å². The molecule has 0 aliphatic carbocycles. The predicted molar refractivity (Wildman–Crippen MR) is 63.2 cm³/mol. The number of nitrogen functional groups attached to an aromatic ring is 1. The minimum Gasteiger partial charge on any atom is -0.462 e. The number of nitrogens with two attached hydrogens (primary N) is 2. The zero-order valence-electron chi connectivity index (χ0n) is 8.94. The van der Waals surface area contributed by atoms with Crippen LogP contribution < -0.4 is 10.9 Å². The van der Waals surface area contributed by atoms with Crippen molar-refractivity contribution in [2.24, 2.45) is 5.14 Å². The third-order valence-corrected chi connectivity index (χ3v) is 3.35. The summed E-state index contributed by atoms with van der Waals surface area (Å²) in [5.74, 6) is -0.694. The predicted octanol–water partition coefficient (Wildman–Crippen LogP) is 0.746. The Hall–Kier alpha value is -1.31. The number of benzene rings is 1. The molecule has 0 radical (unpaired) electrons. The molecule has 8 heteroatoms. The van der Waals surface area contributed by atoms with Gasteiger partial charge in [-0.15, -0.1) is 0 Å². The van der Waals surface area contributed by atoms with Gasteiger partial charge in [0.05, 0.1) is 22.9 Å². The molecule has 1 rings (SSSR count). The third kappa shape index (κ3) is 3.09. The summed E-state index contributed by atoms with van der Waals surface area (Å²) in [7, 11) is -4.05. The minimum absolute atomic E-state index is 0.0159. The average Bonchev–Trinajstić information content (AvgIpc) is 2.20. The van der Waals surface area contributed by atoms with Crippen LogP contribution in [0.2, 0.25) is 5.02 Å². The Morgan fingerprint density at radius 2 is 2.06 bits per heavy atom. The molecule has 0 unspecified atom stereocenters. The first-order valence-electron chi connectivity index (χ1n) is 4.56. The van der Waals surface area contributed by atoms with Crippen molar-refractivity contribution in [1.29, 1.82) is 0 Å². The van der Waals surface area contributed by atoms with Gasteiger partial charge in [0.25, 0.3) is 0 Å². The van der Waals surface area contributed by atoms with Crippen LogP contribution in [-0.2, 0) is 14.8 Å². The normalized spacial score (nSPS) is 11.2. The Balaban J connectivity index is 3.39. The third-order valence-electron chi connectivity index (χ3n) is 1.89. The Bertz CT molecular complexity index is 556. The van der Waals surface area contributed by atoms with E-state index < -0.39 is 20.9 Å². The number of hydrogen-bond donors (Lipinski definition) is 2. The largest absolute Gasteiger partial charge is 0.462 e. The van der Waals surface area contributed by atoms with Gasteiger partial charge in [-0.25, -0.2) is 18.4 Å². The average molecular weight is 279 g/mol. The first-order valence-corrected chi connectivity index (χ1v) is 6.48. The maximum absolute atomic E-state index is 11.4. The minimum atomic E-state index is -4.05. The van der Waals surface area contributed by atoms with Crippen LogP contribution in [0, 0.1) is 0 Å². The number of halogens is 1. The van der Waals surface area contributed by atoms with Crippen LogP contribution in [0.1, 0.15) is 17.3 Å². The maximum Gasteiger partial charge on any atom is 0.338 e. The smallest absolute Gasteiger partial charge is 0.338 e. The molecule has 0 saturated carbocycles. The summed E-state index contributed by atoms with van der Waals surface area (Å²) < 4.78 is 27.2. The van der Waals surface area contributed by atoms with Crippen LogP contribution in [0.3, 0.4) is 0 Å². The lowest BCUT2D eigenvalue weighted by atomic mass is 10.2. The molecule has 1 aromatic carbocycles. The summed E-state index contributed by atoms with van der Waals surface area (Å²) in [4.78, 5) is 11.0. The maximum atomic E-state index is 11.4. The van der Waals surface area contributed by atoms with Crippen LogP contribution in [0.5, 0.6) is 0 Å². The molecule has 0 aliphatic rings. The van der Waals surface area contributed by atoms with Crippen molar-refractivity contribution in [2.75, 3.05) is 12.3 Å². The van der Waals surface area contributed by atoms with Gasteiger partial charge in [-0.05, 0) is 19.1 Å². The second-order valence-electron chi connectivity index (χ2n) is 3.14. The standard InChI is InChI=1S/C9H11ClN2O4S/c1-2-16-9(13)5-3-6(11)8(10)7(4-5)17(12,14)15/h3-4H,2,11H2,1H3,(H2,12,14,15). The molecular weight excluding hydrogens is 268 g/mol. The van der Waals surface area contributed by atoms with Crippen molar-refractivity contribution < 1.29 is 17.9 Å². The van der Waals surface area contributed by atoms with Gasteiger partial charge in [0.15, 0.2) is 0 Å². The number of carbonyl (C=O) groups excluding carboxylic acids is 1. The van der Waals surface area contributed by atoms with Gasteiger partial charge >= 0.3 is 5.97 Å². The second kappa shape index (κ2) is 4.91. The Kier molecular flexibility index (Phi) is 3.97. The molecule has 6 nitrogen and oxygen atoms in total. The fourth-order valence-electron chi connectivity index (χ4n) is 1.16. The van der Waals surface area contributed by atoms with Crippen LogP contribution in [0.25, 0.3) is 0 Å². The number of rotatable bonds is 3. The molecule has 0 spiro atoms. The van der Waals surface area contributed by atoms with Crippen molar-refractivity contribution in [1.82, 2.24) is 0 Å². The van der Waals surface area contributed by atoms with E-state index in [4.69, 9.17) is 27.2 Å². The van der Waals surface area contributed by atoms with E-state index in [0.29, 0.717) is 0 Å². The highest BCUT2D eigenvalue weighted by Gasteiger charge is 2.19. The zero-order chi connectivity index (χ0) is 13.2. The van der Waals surface area contributed by atoms with Crippen molar-refractivity contribution in [3.63, 3.8) is 0 Å². The van der Waals surface area contributed by atoms with Crippen molar-refractivity contribution in [3.05, 3.63) is 22.7 Å². The quantitative estimate of drug-likeness (QED) is 0.626. The number of ether oxygens (including phenoxy) is 1. The molecule has 94 valence electrons. The molecule has 0 aromatic heterocycles. The number of hydrogen-bond acceptors (Lipinski definition) is 5. The fourth-order valence-corrected chi connectivity index (χ4v) is 2.25. The first-order chi connectivity index (χ1) is 7.77. The van der Waals surface area contributed by atoms with E-state index in [0.717, 1.165) is 6.07 Å². The summed E-state index contributed by atoms with van der Waals surface area (Å²) >= 11 is 5.70. The van der Waals surface area contributed by atoms with E-state index in [1.807, 2.05) is 0 Å². The van der Waals surface area contributed by atoms with Crippen molar-refractivity contribution >= 4 is 33.3 Å². The monoisotopic (exact) mass is 278 g/mol. The van der Waals surface area contributed by atoms with Crippen LogP contribution in [-0.4, -0.2) is 21.0 Å². The molecule has 0 saturated heterocycles. The van der Waals surface area contributed by atoms with E-state index in [1.54, 1.807) is 6.92 Å². The number of anilines is 1. The highest BCUT2D eigenvalue weighted by Crippen LogP contribution is 2.28. The second-order valence-corrected chi connectivity index (χ2v) is 5.05. The highest BCUT2D eigenvalue weighted by atomic mass is 35.5. The number of primary sulfonamides is 1. The van der Waals surface area contributed by atoms with Gasteiger partial charge in [0, 0.05) is 0 Å². The van der Waals surface area contributed by atoms with E-state index in [9.17, 15) is 13.2 Å². The molecule has 0 amide bonds. The van der Waals surface area contributed by atoms with Gasteiger partial charge in [0.2, 0.25) is 10.0 Å². The molecule has 1 aromatic rings. The van der Waals surface area contributed by atoms with E-state index >= 15 is 0 Å². The van der Waals surface area contributed by atoms with Crippen LogP contribution in [0.4, 0.5) is 5.69 Å². The summed E-state index contributed by atoms with van der Waals surface area (Å²) in [5, 5.41) is 4.74. The molecule has 0 bridgehead atoms. The zero-order valence-corrected chi connectivity index (χ0v) is 10.5. The molecule has 0 heterocycles. The highest BCUT2D eigenvalue weighted by molar-refractivity contribution is 7.89. The molecule has 0 aliphatic heterocycles. The lowest BCUT2D eigenvalue weighted by Gasteiger charge is -2.08. The van der Waals surface area contributed by atoms with Gasteiger partial charge in [0.1, 0.15) is 4.90 Å². The van der Waals surface area contributed by atoms with Crippen molar-refractivity contribution in [3.8, 4) is 0 Å². The molecule has 4 N–H and O–H groups in total. The summed E-state index contributed by atoms with van der Waals surface area (Å²) in [5.41, 5.74) is 5.42. The molecular formula is C9H11ClN2O4S. The van der Waals surface area contributed by atoms with Crippen LogP contribution >= 0.6 is 11.6 Å². The Morgan fingerprint density at radius 3 is 2.53 bits per heavy atom. The Labute approximate surface area is 104 Å². The van der Waals surface area contributed by atoms with Gasteiger partial charge < -0.3 is 10.5 Å². The number of sulfonamides is 1. The summed E-state index contributed by atoms with van der Waals surface area (Å²) in [6.45, 7) is 1.78. The summed E-state index contributed by atoms with van der Waals surface area (Å²) in [6, 6.07) is 2.26. The van der Waals surface area contributed by atoms with E-state index in [1.165, 1.54) is 6.07 Å². The van der Waals surface area contributed by atoms with E-state index in [2.05, 4.69) is 0 Å². The molecule has 0 fully saturated rings. The SMILES string of the molecule is CCOC(=O)c1cc(N)c(Cl)c(S(N)(=O)=O)c1. The summed E-state index contributed by atoms with van der Waals surface area (Å²) in [6.07, 6.45) is 0. The lowest BCUT2D eigenvalue weighted by molar-refractivity contribution is 0.0526. The van der Waals surface area contributed by atoms with Gasteiger partial charge in [-0.2, -0.15) is 0 Å². The molecule has 0 atom stereocenters. The molecule has 17 heavy (non-hydrogen) atoms. The first kappa shape index (κ1) is 13.8. The Morgan fingerprint density at radius 1 is 1.47 bits per heavy atom.